The van der Waals surface area contributed by atoms with Crippen molar-refractivity contribution in [1.29, 1.82) is 0 Å². The van der Waals surface area contributed by atoms with Crippen LogP contribution in [0.1, 0.15) is 21.7 Å². The van der Waals surface area contributed by atoms with E-state index in [9.17, 15) is 9.59 Å². The largest absolute Gasteiger partial charge is 0.497 e. The summed E-state index contributed by atoms with van der Waals surface area (Å²) in [6.45, 7) is 0.261. The molecule has 3 rings (SSSR count). The minimum atomic E-state index is -0.395. The molecule has 158 valence electrons. The van der Waals surface area contributed by atoms with Gasteiger partial charge >= 0.3 is 0 Å². The van der Waals surface area contributed by atoms with Crippen LogP contribution in [0.25, 0.3) is 6.08 Å². The molecule has 0 unspecified atom stereocenters. The highest BCUT2D eigenvalue weighted by Gasteiger charge is 2.12. The van der Waals surface area contributed by atoms with Crippen LogP contribution in [0.2, 0.25) is 0 Å². The molecule has 31 heavy (non-hydrogen) atoms. The second-order valence-electron chi connectivity index (χ2n) is 6.36. The van der Waals surface area contributed by atoms with Gasteiger partial charge in [-0.15, -0.1) is 0 Å². The minimum Gasteiger partial charge on any atom is -0.497 e. The number of benzene rings is 2. The molecule has 1 aromatic heterocycles. The normalized spacial score (nSPS) is 10.5. The molecule has 7 nitrogen and oxygen atoms in total. The van der Waals surface area contributed by atoms with Crippen molar-refractivity contribution in [2.24, 2.45) is 0 Å². The molecule has 2 amide bonds. The SMILES string of the molecule is COc1ccc(/C=C/C(=O)NC(=S)Nc2ccccc2C(=O)NCc2ccco2)cc1. The Morgan fingerprint density at radius 2 is 1.84 bits per heavy atom. The molecule has 0 radical (unpaired) electrons. The van der Waals surface area contributed by atoms with Gasteiger partial charge in [-0.05, 0) is 60.3 Å². The van der Waals surface area contributed by atoms with Gasteiger partial charge in [0, 0.05) is 6.08 Å². The number of thiocarbonyl (C=S) groups is 1. The number of furan rings is 1. The average molecular weight is 436 g/mol. The summed E-state index contributed by atoms with van der Waals surface area (Å²) in [4.78, 5) is 24.7. The number of amides is 2. The molecule has 0 saturated heterocycles. The number of methoxy groups -OCH3 is 1. The molecule has 2 aromatic carbocycles. The molecular weight excluding hydrogens is 414 g/mol. The smallest absolute Gasteiger partial charge is 0.253 e. The molecule has 0 aliphatic heterocycles. The second kappa shape index (κ2) is 10.7. The second-order valence-corrected chi connectivity index (χ2v) is 6.77. The van der Waals surface area contributed by atoms with E-state index in [1.165, 1.54) is 6.08 Å². The lowest BCUT2D eigenvalue weighted by atomic mass is 10.1. The lowest BCUT2D eigenvalue weighted by Gasteiger charge is -2.12. The minimum absolute atomic E-state index is 0.0793. The van der Waals surface area contributed by atoms with Gasteiger partial charge in [0.05, 0.1) is 31.2 Å². The zero-order valence-corrected chi connectivity index (χ0v) is 17.6. The third-order valence-electron chi connectivity index (χ3n) is 4.20. The summed E-state index contributed by atoms with van der Waals surface area (Å²) in [6.07, 6.45) is 4.58. The Kier molecular flexibility index (Phi) is 7.56. The highest BCUT2D eigenvalue weighted by Crippen LogP contribution is 2.15. The van der Waals surface area contributed by atoms with Crippen LogP contribution in [0.5, 0.6) is 5.75 Å². The van der Waals surface area contributed by atoms with E-state index in [0.29, 0.717) is 17.0 Å². The van der Waals surface area contributed by atoms with Gasteiger partial charge in [0.25, 0.3) is 5.91 Å². The zero-order chi connectivity index (χ0) is 22.1. The fraction of sp³-hybridized carbons (Fsp3) is 0.0870. The van der Waals surface area contributed by atoms with Crippen LogP contribution in [0.15, 0.2) is 77.4 Å². The Bertz CT molecular complexity index is 1080. The Labute approximate surface area is 185 Å². The van der Waals surface area contributed by atoms with Crippen molar-refractivity contribution in [3.8, 4) is 5.75 Å². The van der Waals surface area contributed by atoms with Crippen molar-refractivity contribution < 1.29 is 18.7 Å². The number of para-hydroxylation sites is 1. The first-order valence-corrected chi connectivity index (χ1v) is 9.79. The highest BCUT2D eigenvalue weighted by atomic mass is 32.1. The summed E-state index contributed by atoms with van der Waals surface area (Å²) in [5, 5.41) is 8.32. The lowest BCUT2D eigenvalue weighted by Crippen LogP contribution is -2.33. The number of hydrogen-bond acceptors (Lipinski definition) is 5. The summed E-state index contributed by atoms with van der Waals surface area (Å²) >= 11 is 5.21. The molecule has 0 atom stereocenters. The van der Waals surface area contributed by atoms with Crippen LogP contribution < -0.4 is 20.7 Å². The number of rotatable bonds is 7. The van der Waals surface area contributed by atoms with Crippen LogP contribution in [-0.2, 0) is 11.3 Å². The van der Waals surface area contributed by atoms with Crippen LogP contribution >= 0.6 is 12.2 Å². The molecule has 0 aliphatic carbocycles. The van der Waals surface area contributed by atoms with Crippen molar-refractivity contribution >= 4 is 40.9 Å². The quantitative estimate of drug-likeness (QED) is 0.387. The van der Waals surface area contributed by atoms with E-state index in [1.54, 1.807) is 68.0 Å². The van der Waals surface area contributed by atoms with Gasteiger partial charge in [0.2, 0.25) is 5.91 Å². The fourth-order valence-corrected chi connectivity index (χ4v) is 2.87. The molecule has 0 spiro atoms. The molecule has 8 heteroatoms. The molecule has 0 aliphatic rings. The molecule has 1 heterocycles. The average Bonchev–Trinajstić information content (AvgIpc) is 3.30. The van der Waals surface area contributed by atoms with Crippen molar-refractivity contribution in [3.05, 3.63) is 89.9 Å². The standard InChI is InChI=1S/C23H21N3O4S/c1-29-17-11-8-16(9-12-17)10-13-21(27)26-23(31)25-20-7-3-2-6-19(20)22(28)24-15-18-5-4-14-30-18/h2-14H,15H2,1H3,(H,24,28)(H2,25,26,27,31)/b13-10+. The number of carbonyl (C=O) groups is 2. The van der Waals surface area contributed by atoms with Gasteiger partial charge in [-0.2, -0.15) is 0 Å². The molecule has 3 aromatic rings. The molecule has 0 bridgehead atoms. The molecular formula is C23H21N3O4S. The first-order chi connectivity index (χ1) is 15.0. The Balaban J connectivity index is 1.56. The van der Waals surface area contributed by atoms with Crippen molar-refractivity contribution in [2.75, 3.05) is 12.4 Å². The van der Waals surface area contributed by atoms with Crippen LogP contribution in [0.3, 0.4) is 0 Å². The number of nitrogens with one attached hydrogen (secondary N) is 3. The van der Waals surface area contributed by atoms with E-state index in [0.717, 1.165) is 11.3 Å². The zero-order valence-electron chi connectivity index (χ0n) is 16.8. The third kappa shape index (κ3) is 6.55. The van der Waals surface area contributed by atoms with Crippen molar-refractivity contribution in [3.63, 3.8) is 0 Å². The van der Waals surface area contributed by atoms with E-state index < -0.39 is 5.91 Å². The van der Waals surface area contributed by atoms with E-state index in [1.807, 2.05) is 12.1 Å². The van der Waals surface area contributed by atoms with E-state index in [-0.39, 0.29) is 17.6 Å². The predicted octanol–water partition coefficient (Wildman–Crippen LogP) is 3.74. The third-order valence-corrected chi connectivity index (χ3v) is 4.41. The number of ether oxygens (including phenoxy) is 1. The maximum absolute atomic E-state index is 12.5. The first-order valence-electron chi connectivity index (χ1n) is 9.39. The van der Waals surface area contributed by atoms with Crippen molar-refractivity contribution in [2.45, 2.75) is 6.54 Å². The maximum Gasteiger partial charge on any atom is 0.253 e. The summed E-state index contributed by atoms with van der Waals surface area (Å²) in [6, 6.07) is 17.7. The summed E-state index contributed by atoms with van der Waals surface area (Å²) in [5.74, 6) is 0.685. The maximum atomic E-state index is 12.5. The molecule has 0 fully saturated rings. The number of carbonyl (C=O) groups excluding carboxylic acids is 2. The van der Waals surface area contributed by atoms with Crippen LogP contribution in [0, 0.1) is 0 Å². The van der Waals surface area contributed by atoms with Gasteiger partial charge < -0.3 is 19.8 Å². The summed E-state index contributed by atoms with van der Waals surface area (Å²) < 4.78 is 10.3. The van der Waals surface area contributed by atoms with Gasteiger partial charge in [0.15, 0.2) is 5.11 Å². The first kappa shape index (κ1) is 21.8. The predicted molar refractivity (Wildman–Crippen MR) is 123 cm³/mol. The van der Waals surface area contributed by atoms with Gasteiger partial charge in [0.1, 0.15) is 11.5 Å². The van der Waals surface area contributed by atoms with Gasteiger partial charge in [-0.1, -0.05) is 24.3 Å². The van der Waals surface area contributed by atoms with Crippen LogP contribution in [0.4, 0.5) is 5.69 Å². The summed E-state index contributed by atoms with van der Waals surface area (Å²) in [5.41, 5.74) is 1.71. The number of hydrogen-bond donors (Lipinski definition) is 3. The molecule has 0 saturated carbocycles. The number of anilines is 1. The van der Waals surface area contributed by atoms with E-state index >= 15 is 0 Å². The highest BCUT2D eigenvalue weighted by molar-refractivity contribution is 7.80. The monoisotopic (exact) mass is 435 g/mol. The van der Waals surface area contributed by atoms with Gasteiger partial charge in [-0.25, -0.2) is 0 Å². The molecule has 3 N–H and O–H groups in total. The Morgan fingerprint density at radius 1 is 1.06 bits per heavy atom. The Morgan fingerprint density at radius 3 is 2.55 bits per heavy atom. The fourth-order valence-electron chi connectivity index (χ4n) is 2.66. The topological polar surface area (TPSA) is 92.6 Å². The summed E-state index contributed by atoms with van der Waals surface area (Å²) in [7, 11) is 1.59. The van der Waals surface area contributed by atoms with Crippen LogP contribution in [-0.4, -0.2) is 24.0 Å². The Hall–Kier alpha value is -3.91. The van der Waals surface area contributed by atoms with Crippen molar-refractivity contribution in [1.82, 2.24) is 10.6 Å². The van der Waals surface area contributed by atoms with E-state index in [2.05, 4.69) is 16.0 Å². The van der Waals surface area contributed by atoms with E-state index in [4.69, 9.17) is 21.4 Å². The lowest BCUT2D eigenvalue weighted by molar-refractivity contribution is -0.115. The van der Waals surface area contributed by atoms with Gasteiger partial charge in [-0.3, -0.25) is 14.9 Å².